The van der Waals surface area contributed by atoms with Gasteiger partial charge in [0.05, 0.1) is 5.56 Å². The van der Waals surface area contributed by atoms with Crippen LogP contribution in [0.25, 0.3) is 4.98 Å². The van der Waals surface area contributed by atoms with E-state index < -0.39 is 6.04 Å². The first-order chi connectivity index (χ1) is 5.65. The monoisotopic (exact) mass is 164 g/mol. The molecule has 0 radical (unpaired) electrons. The van der Waals surface area contributed by atoms with Gasteiger partial charge < -0.3 is 10.8 Å². The molecular formula is C8H10N3O+. The van der Waals surface area contributed by atoms with E-state index in [1.807, 2.05) is 0 Å². The van der Waals surface area contributed by atoms with E-state index in [0.29, 0.717) is 11.3 Å². The second-order valence-electron chi connectivity index (χ2n) is 2.61. The summed E-state index contributed by atoms with van der Waals surface area (Å²) in [6, 6.07) is 4.20. The Morgan fingerprint density at radius 1 is 1.58 bits per heavy atom. The van der Waals surface area contributed by atoms with Crippen LogP contribution in [0.2, 0.25) is 0 Å². The van der Waals surface area contributed by atoms with Crippen LogP contribution >= 0.6 is 0 Å². The molecule has 0 aromatic heterocycles. The van der Waals surface area contributed by atoms with Gasteiger partial charge in [-0.15, -0.1) is 0 Å². The molecule has 0 aliphatic heterocycles. The molecule has 1 unspecified atom stereocenters. The highest BCUT2D eigenvalue weighted by atomic mass is 16.3. The Bertz CT molecular complexity index is 330. The normalized spacial score (nSPS) is 12.0. The van der Waals surface area contributed by atoms with Crippen LogP contribution in [0, 0.1) is 5.39 Å². The van der Waals surface area contributed by atoms with Crippen LogP contribution in [0.3, 0.4) is 0 Å². The maximum absolute atomic E-state index is 9.31. The van der Waals surface area contributed by atoms with E-state index in [-0.39, 0.29) is 5.75 Å². The summed E-state index contributed by atoms with van der Waals surface area (Å²) < 4.78 is 0. The summed E-state index contributed by atoms with van der Waals surface area (Å²) in [7, 11) is 0. The van der Waals surface area contributed by atoms with Crippen LogP contribution in [0.15, 0.2) is 18.2 Å². The number of hydrogen-bond donors (Lipinski definition) is 2. The third-order valence-electron chi connectivity index (χ3n) is 1.67. The smallest absolute Gasteiger partial charge is 0.340 e. The van der Waals surface area contributed by atoms with E-state index in [4.69, 9.17) is 11.1 Å². The lowest BCUT2D eigenvalue weighted by molar-refractivity contribution is 0.466. The highest BCUT2D eigenvalue weighted by molar-refractivity contribution is 5.48. The third-order valence-corrected chi connectivity index (χ3v) is 1.67. The van der Waals surface area contributed by atoms with Gasteiger partial charge in [0, 0.05) is 12.6 Å². The number of aromatic hydroxyl groups is 1. The Labute approximate surface area is 70.3 Å². The fourth-order valence-electron chi connectivity index (χ4n) is 0.970. The first kappa shape index (κ1) is 8.34. The maximum Gasteiger partial charge on any atom is 0.340 e. The van der Waals surface area contributed by atoms with Gasteiger partial charge in [0.25, 0.3) is 0 Å². The van der Waals surface area contributed by atoms with Crippen molar-refractivity contribution in [3.63, 3.8) is 0 Å². The molecule has 0 saturated heterocycles. The van der Waals surface area contributed by atoms with Crippen molar-refractivity contribution >= 4 is 5.69 Å². The number of rotatable bonds is 1. The summed E-state index contributed by atoms with van der Waals surface area (Å²) in [4.78, 5) is 3.05. The number of phenols is 1. The van der Waals surface area contributed by atoms with Gasteiger partial charge in [-0.25, -0.2) is 0 Å². The first-order valence-corrected chi connectivity index (χ1v) is 3.57. The SMILES string of the molecule is CC([N+]#N)c1cc(N)ccc1O. The molecule has 0 saturated carbocycles. The molecule has 3 N–H and O–H groups in total. The predicted molar refractivity (Wildman–Crippen MR) is 46.0 cm³/mol. The average molecular weight is 164 g/mol. The van der Waals surface area contributed by atoms with Crippen LogP contribution in [0.1, 0.15) is 18.5 Å². The molecule has 4 nitrogen and oxygen atoms in total. The molecule has 0 bridgehead atoms. The van der Waals surface area contributed by atoms with E-state index in [9.17, 15) is 5.11 Å². The van der Waals surface area contributed by atoms with Crippen LogP contribution in [0.4, 0.5) is 5.69 Å². The molecule has 0 amide bonds. The number of diazo groups is 1. The van der Waals surface area contributed by atoms with Crippen molar-refractivity contribution in [1.82, 2.24) is 0 Å². The molecule has 0 aliphatic carbocycles. The van der Waals surface area contributed by atoms with Crippen molar-refractivity contribution in [2.45, 2.75) is 13.0 Å². The van der Waals surface area contributed by atoms with Crippen molar-refractivity contribution in [3.05, 3.63) is 28.7 Å². The predicted octanol–water partition coefficient (Wildman–Crippen LogP) is 1.89. The summed E-state index contributed by atoms with van der Waals surface area (Å²) in [5, 5.41) is 17.8. The molecule has 1 atom stereocenters. The molecule has 0 spiro atoms. The highest BCUT2D eigenvalue weighted by Gasteiger charge is 2.19. The number of nitrogen functional groups attached to an aromatic ring is 1. The molecule has 0 aliphatic rings. The summed E-state index contributed by atoms with van der Waals surface area (Å²) in [5.74, 6) is 0.0921. The summed E-state index contributed by atoms with van der Waals surface area (Å²) in [6.07, 6.45) is 0. The maximum atomic E-state index is 9.31. The van der Waals surface area contributed by atoms with E-state index in [0.717, 1.165) is 0 Å². The Balaban J connectivity index is 3.15. The summed E-state index contributed by atoms with van der Waals surface area (Å²) in [5.41, 5.74) is 6.55. The van der Waals surface area contributed by atoms with Crippen molar-refractivity contribution in [1.29, 1.82) is 5.39 Å². The number of anilines is 1. The fraction of sp³-hybridized carbons (Fsp3) is 0.250. The number of nitrogens with two attached hydrogens (primary N) is 1. The Morgan fingerprint density at radius 2 is 2.25 bits per heavy atom. The highest BCUT2D eigenvalue weighted by Crippen LogP contribution is 2.27. The largest absolute Gasteiger partial charge is 0.507 e. The van der Waals surface area contributed by atoms with E-state index >= 15 is 0 Å². The standard InChI is InChI=1S/C8H9N3O/c1-5(11-10)7-4-6(9)2-3-8(7)12/h2-5,9-10H,1H3/p+1. The van der Waals surface area contributed by atoms with Crippen LogP contribution in [-0.2, 0) is 0 Å². The van der Waals surface area contributed by atoms with E-state index in [1.165, 1.54) is 6.07 Å². The quantitative estimate of drug-likeness (QED) is 0.378. The number of hydrogen-bond acceptors (Lipinski definition) is 3. The minimum Gasteiger partial charge on any atom is -0.507 e. The minimum atomic E-state index is -0.450. The zero-order chi connectivity index (χ0) is 9.14. The lowest BCUT2D eigenvalue weighted by Gasteiger charge is -1.99. The van der Waals surface area contributed by atoms with Gasteiger partial charge in [0.15, 0.2) is 0 Å². The lowest BCUT2D eigenvalue weighted by Crippen LogP contribution is -1.91. The van der Waals surface area contributed by atoms with Gasteiger partial charge in [0.1, 0.15) is 10.7 Å². The van der Waals surface area contributed by atoms with E-state index in [1.54, 1.807) is 19.1 Å². The van der Waals surface area contributed by atoms with Crippen LogP contribution in [-0.4, -0.2) is 5.11 Å². The molecule has 1 rings (SSSR count). The van der Waals surface area contributed by atoms with Crippen molar-refractivity contribution in [2.24, 2.45) is 0 Å². The number of nitrogens with zero attached hydrogens (tertiary/aromatic N) is 2. The molecule has 12 heavy (non-hydrogen) atoms. The lowest BCUT2D eigenvalue weighted by atomic mass is 10.1. The molecule has 62 valence electrons. The topological polar surface area (TPSA) is 74.4 Å². The summed E-state index contributed by atoms with van der Waals surface area (Å²) in [6.45, 7) is 1.66. The zero-order valence-electron chi connectivity index (χ0n) is 6.73. The second-order valence-corrected chi connectivity index (χ2v) is 2.61. The van der Waals surface area contributed by atoms with Crippen LogP contribution < -0.4 is 5.73 Å². The van der Waals surface area contributed by atoms with Gasteiger partial charge in [-0.3, -0.25) is 0 Å². The van der Waals surface area contributed by atoms with Crippen molar-refractivity contribution < 1.29 is 5.11 Å². The van der Waals surface area contributed by atoms with Gasteiger partial charge in [-0.05, 0) is 18.2 Å². The van der Waals surface area contributed by atoms with Gasteiger partial charge in [-0.1, -0.05) is 0 Å². The molecule has 0 heterocycles. The molecule has 0 fully saturated rings. The zero-order valence-corrected chi connectivity index (χ0v) is 6.73. The van der Waals surface area contributed by atoms with Crippen LogP contribution in [0.5, 0.6) is 5.75 Å². The molecule has 1 aromatic rings. The third kappa shape index (κ3) is 1.45. The van der Waals surface area contributed by atoms with E-state index in [2.05, 4.69) is 4.98 Å². The molecular weight excluding hydrogens is 154 g/mol. The number of benzene rings is 1. The van der Waals surface area contributed by atoms with Gasteiger partial charge in [-0.2, -0.15) is 0 Å². The van der Waals surface area contributed by atoms with Crippen molar-refractivity contribution in [2.75, 3.05) is 5.73 Å². The Hall–Kier alpha value is -1.76. The molecule has 1 aromatic carbocycles. The Kier molecular flexibility index (Phi) is 2.15. The minimum absolute atomic E-state index is 0.0921. The number of phenolic OH excluding ortho intramolecular Hbond substituents is 1. The first-order valence-electron chi connectivity index (χ1n) is 3.57. The van der Waals surface area contributed by atoms with Gasteiger partial charge >= 0.3 is 6.04 Å². The fourth-order valence-corrected chi connectivity index (χ4v) is 0.970. The van der Waals surface area contributed by atoms with Gasteiger partial charge in [0.2, 0.25) is 5.39 Å². The van der Waals surface area contributed by atoms with Crippen molar-refractivity contribution in [3.8, 4) is 5.75 Å². The Morgan fingerprint density at radius 3 is 2.83 bits per heavy atom. The average Bonchev–Trinajstić information content (AvgIpc) is 2.08. The molecule has 4 heteroatoms. The summed E-state index contributed by atoms with van der Waals surface area (Å²) >= 11 is 0. The second kappa shape index (κ2) is 3.09.